The van der Waals surface area contributed by atoms with Crippen LogP contribution in [0.4, 0.5) is 5.69 Å². The van der Waals surface area contributed by atoms with Gasteiger partial charge in [0.15, 0.2) is 0 Å². The van der Waals surface area contributed by atoms with E-state index in [-0.39, 0.29) is 0 Å². The highest BCUT2D eigenvalue weighted by atomic mass is 16.5. The molecule has 1 unspecified atom stereocenters. The molecule has 1 aromatic carbocycles. The van der Waals surface area contributed by atoms with Crippen molar-refractivity contribution in [3.8, 4) is 28.5 Å². The van der Waals surface area contributed by atoms with E-state index < -0.39 is 6.10 Å². The number of pyridine rings is 1. The van der Waals surface area contributed by atoms with Crippen molar-refractivity contribution in [2.24, 2.45) is 7.05 Å². The summed E-state index contributed by atoms with van der Waals surface area (Å²) < 4.78 is 12.8. The Bertz CT molecular complexity index is 1180. The van der Waals surface area contributed by atoms with Crippen molar-refractivity contribution in [1.29, 1.82) is 0 Å². The summed E-state index contributed by atoms with van der Waals surface area (Å²) in [5.41, 5.74) is 9.87. The second kappa shape index (κ2) is 8.09. The lowest BCUT2D eigenvalue weighted by Crippen LogP contribution is -2.23. The molecule has 1 atom stereocenters. The van der Waals surface area contributed by atoms with Crippen LogP contribution in [-0.4, -0.2) is 49.8 Å². The summed E-state index contributed by atoms with van der Waals surface area (Å²) in [5, 5.41) is 26.0. The quantitative estimate of drug-likeness (QED) is 0.417. The van der Waals surface area contributed by atoms with Crippen molar-refractivity contribution >= 4 is 16.6 Å². The van der Waals surface area contributed by atoms with Crippen LogP contribution in [0.15, 0.2) is 35.0 Å². The molecule has 3 aromatic heterocycles. The van der Waals surface area contributed by atoms with Gasteiger partial charge in [0.25, 0.3) is 0 Å². The van der Waals surface area contributed by atoms with Crippen molar-refractivity contribution in [3.63, 3.8) is 0 Å². The van der Waals surface area contributed by atoms with Gasteiger partial charge < -0.3 is 25.3 Å². The summed E-state index contributed by atoms with van der Waals surface area (Å²) in [4.78, 5) is 4.27. The van der Waals surface area contributed by atoms with E-state index in [2.05, 4.69) is 25.6 Å². The van der Waals surface area contributed by atoms with Gasteiger partial charge in [0.2, 0.25) is 17.7 Å². The summed E-state index contributed by atoms with van der Waals surface area (Å²) in [7, 11) is 3.40. The monoisotopic (exact) mass is 409 g/mol. The third-order valence-corrected chi connectivity index (χ3v) is 4.69. The van der Waals surface area contributed by atoms with Crippen LogP contribution in [0.2, 0.25) is 0 Å². The average molecular weight is 409 g/mol. The summed E-state index contributed by atoms with van der Waals surface area (Å²) in [6, 6.07) is 5.77. The normalized spacial score (nSPS) is 12.4. The lowest BCUT2D eigenvalue weighted by molar-refractivity contribution is 0.189. The fraction of sp³-hybridized carbons (Fsp3) is 0.300. The van der Waals surface area contributed by atoms with E-state index in [4.69, 9.17) is 14.9 Å². The number of aliphatic hydroxyl groups excluding tert-OH is 1. The van der Waals surface area contributed by atoms with Gasteiger partial charge in [-0.05, 0) is 30.7 Å². The zero-order valence-electron chi connectivity index (χ0n) is 17.0. The van der Waals surface area contributed by atoms with Crippen LogP contribution in [0, 0.1) is 0 Å². The van der Waals surface area contributed by atoms with E-state index in [0.717, 1.165) is 27.6 Å². The van der Waals surface area contributed by atoms with E-state index in [9.17, 15) is 5.11 Å². The van der Waals surface area contributed by atoms with Gasteiger partial charge >= 0.3 is 0 Å². The maximum absolute atomic E-state index is 9.37. The van der Waals surface area contributed by atoms with E-state index in [0.29, 0.717) is 36.4 Å². The maximum atomic E-state index is 9.37. The number of nitrogen functional groups attached to an aromatic ring is 1. The topological polar surface area (TPSA) is 137 Å². The Kier molecular flexibility index (Phi) is 5.34. The first kappa shape index (κ1) is 19.8. The largest absolute Gasteiger partial charge is 0.480 e. The number of benzene rings is 1. The Morgan fingerprint density at radius 3 is 2.80 bits per heavy atom. The second-order valence-electron chi connectivity index (χ2n) is 7.03. The molecular weight excluding hydrogens is 386 g/mol. The Morgan fingerprint density at radius 1 is 1.23 bits per heavy atom. The minimum absolute atomic E-state index is 0.368. The van der Waals surface area contributed by atoms with Gasteiger partial charge in [-0.15, -0.1) is 10.2 Å². The molecule has 0 fully saturated rings. The highest BCUT2D eigenvalue weighted by molar-refractivity contribution is 5.96. The first-order valence-electron chi connectivity index (χ1n) is 9.43. The van der Waals surface area contributed by atoms with Gasteiger partial charge in [0.1, 0.15) is 0 Å². The third kappa shape index (κ3) is 3.82. The summed E-state index contributed by atoms with van der Waals surface area (Å²) in [6.45, 7) is 2.51. The minimum Gasteiger partial charge on any atom is -0.480 e. The van der Waals surface area contributed by atoms with Crippen molar-refractivity contribution in [3.05, 3.63) is 36.5 Å². The standard InChI is InChI=1S/C20H23N7O3/c1-11(28)7-22-10-18-25-26-19(30-18)14-4-12(6-17-15(14)9-24-27(17)2)13-5-16(21)20(29-3)23-8-13/h4-6,8-9,11,22,28H,7,10,21H2,1-3H3. The first-order chi connectivity index (χ1) is 14.5. The van der Waals surface area contributed by atoms with Gasteiger partial charge in [-0.2, -0.15) is 5.10 Å². The molecular formula is C20H23N7O3. The number of methoxy groups -OCH3 is 1. The molecule has 156 valence electrons. The fourth-order valence-electron chi connectivity index (χ4n) is 3.21. The highest BCUT2D eigenvalue weighted by Crippen LogP contribution is 2.34. The van der Waals surface area contributed by atoms with Crippen LogP contribution >= 0.6 is 0 Å². The van der Waals surface area contributed by atoms with Crippen LogP contribution in [0.5, 0.6) is 5.88 Å². The van der Waals surface area contributed by atoms with E-state index in [1.54, 1.807) is 24.0 Å². The zero-order valence-corrected chi connectivity index (χ0v) is 17.0. The molecule has 0 amide bonds. The molecule has 0 aliphatic carbocycles. The Hall–Kier alpha value is -3.50. The number of nitrogens with two attached hydrogens (primary N) is 1. The average Bonchev–Trinajstić information content (AvgIpc) is 3.34. The van der Waals surface area contributed by atoms with Crippen molar-refractivity contribution in [1.82, 2.24) is 30.3 Å². The van der Waals surface area contributed by atoms with Gasteiger partial charge in [-0.1, -0.05) is 0 Å². The number of ether oxygens (including phenoxy) is 1. The molecule has 10 nitrogen and oxygen atoms in total. The number of hydrogen-bond donors (Lipinski definition) is 3. The molecule has 0 radical (unpaired) electrons. The number of fused-ring (bicyclic) bond motifs is 1. The third-order valence-electron chi connectivity index (χ3n) is 4.69. The molecule has 0 aliphatic rings. The Morgan fingerprint density at radius 2 is 2.07 bits per heavy atom. The minimum atomic E-state index is -0.454. The first-order valence-corrected chi connectivity index (χ1v) is 9.43. The summed E-state index contributed by atoms with van der Waals surface area (Å²) >= 11 is 0. The number of anilines is 1. The fourth-order valence-corrected chi connectivity index (χ4v) is 3.21. The molecule has 0 saturated carbocycles. The Labute approximate surface area is 172 Å². The molecule has 0 saturated heterocycles. The second-order valence-corrected chi connectivity index (χ2v) is 7.03. The van der Waals surface area contributed by atoms with Crippen molar-refractivity contribution < 1.29 is 14.3 Å². The molecule has 30 heavy (non-hydrogen) atoms. The molecule has 4 aromatic rings. The van der Waals surface area contributed by atoms with Crippen LogP contribution in [0.25, 0.3) is 33.5 Å². The van der Waals surface area contributed by atoms with Crippen molar-refractivity contribution in [2.45, 2.75) is 19.6 Å². The van der Waals surface area contributed by atoms with Crippen LogP contribution < -0.4 is 15.8 Å². The van der Waals surface area contributed by atoms with Gasteiger partial charge in [-0.3, -0.25) is 4.68 Å². The molecule has 0 aliphatic heterocycles. The highest BCUT2D eigenvalue weighted by Gasteiger charge is 2.17. The van der Waals surface area contributed by atoms with Crippen molar-refractivity contribution in [2.75, 3.05) is 19.4 Å². The number of aromatic nitrogens is 5. The number of aryl methyl sites for hydroxylation is 1. The van der Waals surface area contributed by atoms with Crippen LogP contribution in [0.3, 0.4) is 0 Å². The maximum Gasteiger partial charge on any atom is 0.248 e. The summed E-state index contributed by atoms with van der Waals surface area (Å²) in [5.74, 6) is 1.20. The predicted molar refractivity (Wildman–Crippen MR) is 112 cm³/mol. The van der Waals surface area contributed by atoms with Crippen LogP contribution in [0.1, 0.15) is 12.8 Å². The molecule has 4 rings (SSSR count). The smallest absolute Gasteiger partial charge is 0.248 e. The number of rotatable bonds is 7. The van der Waals surface area contributed by atoms with Gasteiger partial charge in [0, 0.05) is 30.7 Å². The molecule has 0 spiro atoms. The summed E-state index contributed by atoms with van der Waals surface area (Å²) in [6.07, 6.45) is 3.02. The van der Waals surface area contributed by atoms with Gasteiger partial charge in [0.05, 0.1) is 42.7 Å². The van der Waals surface area contributed by atoms with E-state index in [1.807, 2.05) is 25.2 Å². The SMILES string of the molecule is COc1ncc(-c2cc(-c3nnc(CNCC(C)O)o3)c3cnn(C)c3c2)cc1N. The number of nitrogens with one attached hydrogen (secondary N) is 1. The van der Waals surface area contributed by atoms with Gasteiger partial charge in [-0.25, -0.2) is 4.98 Å². The number of hydrogen-bond acceptors (Lipinski definition) is 9. The van der Waals surface area contributed by atoms with Crippen LogP contribution in [-0.2, 0) is 13.6 Å². The molecule has 10 heteroatoms. The molecule has 3 heterocycles. The lowest BCUT2D eigenvalue weighted by Gasteiger charge is -2.09. The lowest BCUT2D eigenvalue weighted by atomic mass is 10.0. The predicted octanol–water partition coefficient (Wildman–Crippen LogP) is 1.75. The molecule has 0 bridgehead atoms. The molecule has 4 N–H and O–H groups in total. The number of aliphatic hydroxyl groups is 1. The number of nitrogens with zero attached hydrogens (tertiary/aromatic N) is 5. The zero-order chi connectivity index (χ0) is 21.3. The van der Waals surface area contributed by atoms with E-state index >= 15 is 0 Å². The van der Waals surface area contributed by atoms with E-state index in [1.165, 1.54) is 7.11 Å². The Balaban J connectivity index is 1.75.